The van der Waals surface area contributed by atoms with Crippen molar-refractivity contribution in [3.8, 4) is 5.75 Å². The number of sulfone groups is 1. The molecule has 0 bridgehead atoms. The summed E-state index contributed by atoms with van der Waals surface area (Å²) in [5.41, 5.74) is 0. The molecule has 0 aromatic heterocycles. The lowest BCUT2D eigenvalue weighted by atomic mass is 10.1. The monoisotopic (exact) mass is 561 g/mol. The minimum atomic E-state index is -3.72. The smallest absolute Gasteiger partial charge is 0.193 e. The Morgan fingerprint density at radius 2 is 1.77 bits per heavy atom. The predicted octanol–water partition coefficient (Wildman–Crippen LogP) is 3.73. The normalized spacial score (nSPS) is 15.3. The van der Waals surface area contributed by atoms with Gasteiger partial charge in [-0.15, -0.1) is 24.0 Å². The minimum absolute atomic E-state index is 0. The molecule has 0 saturated carbocycles. The summed E-state index contributed by atoms with van der Waals surface area (Å²) >= 11 is 0. The topological polar surface area (TPSA) is 71.0 Å². The summed E-state index contributed by atoms with van der Waals surface area (Å²) in [6.45, 7) is 4.25. The van der Waals surface area contributed by atoms with Crippen molar-refractivity contribution in [2.75, 3.05) is 31.9 Å². The van der Waals surface area contributed by atoms with Crippen LogP contribution in [0.5, 0.6) is 5.75 Å². The van der Waals surface area contributed by atoms with Gasteiger partial charge in [-0.2, -0.15) is 0 Å². The first kappa shape index (κ1) is 25.4. The molecule has 6 nitrogen and oxygen atoms in total. The van der Waals surface area contributed by atoms with E-state index in [0.717, 1.165) is 37.7 Å². The van der Waals surface area contributed by atoms with Crippen LogP contribution < -0.4 is 10.1 Å². The van der Waals surface area contributed by atoms with Crippen molar-refractivity contribution in [3.63, 3.8) is 0 Å². The van der Waals surface area contributed by atoms with Crippen molar-refractivity contribution in [1.82, 2.24) is 10.2 Å². The molecular weight excluding hydrogens is 532 g/mol. The molecule has 0 aliphatic carbocycles. The number of nitrogens with zero attached hydrogens (tertiary/aromatic N) is 2. The van der Waals surface area contributed by atoms with Crippen molar-refractivity contribution in [2.45, 2.75) is 30.8 Å². The quantitative estimate of drug-likeness (QED) is 0.317. The average Bonchev–Trinajstić information content (AvgIpc) is 2.75. The molecule has 1 N–H and O–H groups in total. The van der Waals surface area contributed by atoms with Crippen LogP contribution in [-0.2, 0) is 9.84 Å². The van der Waals surface area contributed by atoms with Crippen LogP contribution in [0.3, 0.4) is 0 Å². The maximum absolute atomic E-state index is 13.8. The van der Waals surface area contributed by atoms with Crippen LogP contribution in [0.2, 0.25) is 0 Å². The Kier molecular flexibility index (Phi) is 10.0. The first-order valence-corrected chi connectivity index (χ1v) is 11.9. The molecule has 170 valence electrons. The third-order valence-electron chi connectivity index (χ3n) is 4.92. The van der Waals surface area contributed by atoms with E-state index in [-0.39, 0.29) is 47.3 Å². The molecule has 3 rings (SSSR count). The zero-order chi connectivity index (χ0) is 21.4. The Morgan fingerprint density at radius 3 is 2.42 bits per heavy atom. The number of likely N-dealkylation sites (tertiary alicyclic amines) is 1. The van der Waals surface area contributed by atoms with Crippen LogP contribution in [0.15, 0.2) is 64.5 Å². The Labute approximate surface area is 200 Å². The second kappa shape index (κ2) is 12.2. The van der Waals surface area contributed by atoms with Crippen LogP contribution in [0.1, 0.15) is 19.8 Å². The molecule has 0 amide bonds. The van der Waals surface area contributed by atoms with Gasteiger partial charge in [0.25, 0.3) is 0 Å². The van der Waals surface area contributed by atoms with Gasteiger partial charge in [0, 0.05) is 32.5 Å². The van der Waals surface area contributed by atoms with Gasteiger partial charge in [0.05, 0.1) is 12.3 Å². The highest BCUT2D eigenvalue weighted by molar-refractivity contribution is 14.0. The summed E-state index contributed by atoms with van der Waals surface area (Å²) in [6.07, 6.45) is 1.85. The molecule has 0 radical (unpaired) electrons. The zero-order valence-electron chi connectivity index (χ0n) is 17.5. The van der Waals surface area contributed by atoms with Gasteiger partial charge in [-0.3, -0.25) is 4.99 Å². The molecule has 1 heterocycles. The number of rotatable bonds is 7. The highest BCUT2D eigenvalue weighted by Crippen LogP contribution is 2.19. The van der Waals surface area contributed by atoms with Gasteiger partial charge in [0.2, 0.25) is 0 Å². The van der Waals surface area contributed by atoms with Crippen molar-refractivity contribution >= 4 is 39.8 Å². The highest BCUT2D eigenvalue weighted by Gasteiger charge is 2.23. The predicted molar refractivity (Wildman–Crippen MR) is 132 cm³/mol. The number of hydrogen-bond donors (Lipinski definition) is 1. The first-order chi connectivity index (χ1) is 14.5. The van der Waals surface area contributed by atoms with Gasteiger partial charge in [-0.1, -0.05) is 30.3 Å². The maximum atomic E-state index is 13.8. The molecule has 1 aliphatic rings. The molecule has 0 unspecified atom stereocenters. The van der Waals surface area contributed by atoms with Gasteiger partial charge in [-0.05, 0) is 31.2 Å². The SMILES string of the molecule is CCNC(=NCCS(=O)(=O)c1ccccc1F)N1CCC(Oc2ccccc2)CC1.I. The zero-order valence-corrected chi connectivity index (χ0v) is 20.7. The summed E-state index contributed by atoms with van der Waals surface area (Å²) in [5, 5.41) is 3.22. The fourth-order valence-electron chi connectivity index (χ4n) is 3.38. The van der Waals surface area contributed by atoms with Crippen LogP contribution in [0.25, 0.3) is 0 Å². The number of hydrogen-bond acceptors (Lipinski definition) is 4. The number of halogens is 2. The molecule has 1 aliphatic heterocycles. The number of nitrogens with one attached hydrogen (secondary N) is 1. The Bertz CT molecular complexity index is 949. The number of guanidine groups is 1. The summed E-state index contributed by atoms with van der Waals surface area (Å²) in [6, 6.07) is 15.2. The van der Waals surface area contributed by atoms with Crippen LogP contribution in [-0.4, -0.2) is 57.3 Å². The van der Waals surface area contributed by atoms with E-state index in [1.807, 2.05) is 37.3 Å². The standard InChI is InChI=1S/C22H28FN3O3S.HI/c1-2-24-22(25-14-17-30(27,28)21-11-7-6-10-20(21)23)26-15-12-19(13-16-26)29-18-8-4-3-5-9-18;/h3-11,19H,2,12-17H2,1H3,(H,24,25);1H. The summed E-state index contributed by atoms with van der Waals surface area (Å²) < 4.78 is 44.7. The molecule has 0 atom stereocenters. The number of piperidine rings is 1. The lowest BCUT2D eigenvalue weighted by Crippen LogP contribution is -2.47. The van der Waals surface area contributed by atoms with E-state index in [1.54, 1.807) is 0 Å². The van der Waals surface area contributed by atoms with Gasteiger partial charge in [0.15, 0.2) is 15.8 Å². The Balaban J connectivity index is 0.00000341. The second-order valence-electron chi connectivity index (χ2n) is 7.10. The fourth-order valence-corrected chi connectivity index (χ4v) is 4.58. The Morgan fingerprint density at radius 1 is 1.13 bits per heavy atom. The summed E-state index contributed by atoms with van der Waals surface area (Å²) in [5.74, 6) is 0.583. The fraction of sp³-hybridized carbons (Fsp3) is 0.409. The number of benzene rings is 2. The van der Waals surface area contributed by atoms with Crippen molar-refractivity contribution in [1.29, 1.82) is 0 Å². The van der Waals surface area contributed by atoms with Crippen LogP contribution in [0, 0.1) is 5.82 Å². The van der Waals surface area contributed by atoms with Crippen molar-refractivity contribution in [3.05, 3.63) is 60.4 Å². The van der Waals surface area contributed by atoms with E-state index >= 15 is 0 Å². The second-order valence-corrected chi connectivity index (χ2v) is 9.18. The third kappa shape index (κ3) is 7.34. The number of para-hydroxylation sites is 1. The first-order valence-electron chi connectivity index (χ1n) is 10.2. The van der Waals surface area contributed by atoms with Gasteiger partial charge in [-0.25, -0.2) is 12.8 Å². The number of ether oxygens (including phenoxy) is 1. The van der Waals surface area contributed by atoms with Gasteiger partial charge >= 0.3 is 0 Å². The van der Waals surface area contributed by atoms with E-state index < -0.39 is 15.7 Å². The van der Waals surface area contributed by atoms with Crippen LogP contribution in [0.4, 0.5) is 4.39 Å². The molecule has 9 heteroatoms. The van der Waals surface area contributed by atoms with E-state index in [4.69, 9.17) is 4.74 Å². The minimum Gasteiger partial charge on any atom is -0.490 e. The van der Waals surface area contributed by atoms with Crippen molar-refractivity contribution < 1.29 is 17.5 Å². The highest BCUT2D eigenvalue weighted by atomic mass is 127. The largest absolute Gasteiger partial charge is 0.490 e. The molecular formula is C22H29FIN3O3S. The summed E-state index contributed by atoms with van der Waals surface area (Å²) in [7, 11) is -3.72. The van der Waals surface area contributed by atoms with E-state index in [9.17, 15) is 12.8 Å². The molecule has 31 heavy (non-hydrogen) atoms. The lowest BCUT2D eigenvalue weighted by molar-refractivity contribution is 0.129. The molecule has 1 saturated heterocycles. The van der Waals surface area contributed by atoms with Gasteiger partial charge < -0.3 is 15.0 Å². The van der Waals surface area contributed by atoms with E-state index in [2.05, 4.69) is 15.2 Å². The lowest BCUT2D eigenvalue weighted by Gasteiger charge is -2.34. The molecule has 1 fully saturated rings. The summed E-state index contributed by atoms with van der Waals surface area (Å²) in [4.78, 5) is 6.32. The van der Waals surface area contributed by atoms with Gasteiger partial charge in [0.1, 0.15) is 22.6 Å². The Hall–Kier alpha value is -1.88. The third-order valence-corrected chi connectivity index (χ3v) is 6.64. The van der Waals surface area contributed by atoms with E-state index in [0.29, 0.717) is 12.5 Å². The molecule has 2 aromatic rings. The molecule has 2 aromatic carbocycles. The van der Waals surface area contributed by atoms with Crippen LogP contribution >= 0.6 is 24.0 Å². The molecule has 0 spiro atoms. The average molecular weight is 561 g/mol. The van der Waals surface area contributed by atoms with Crippen molar-refractivity contribution in [2.24, 2.45) is 4.99 Å². The van der Waals surface area contributed by atoms with E-state index in [1.165, 1.54) is 18.2 Å². The maximum Gasteiger partial charge on any atom is 0.193 e. The number of aliphatic imine (C=N–C) groups is 1.